The first kappa shape index (κ1) is 19.6. The molecule has 0 fully saturated rings. The summed E-state index contributed by atoms with van der Waals surface area (Å²) < 4.78 is 0. The molecule has 3 rings (SSSR count). The van der Waals surface area contributed by atoms with Gasteiger partial charge in [-0.3, -0.25) is 19.9 Å². The van der Waals surface area contributed by atoms with Crippen LogP contribution in [0.15, 0.2) is 48.2 Å². The van der Waals surface area contributed by atoms with Crippen molar-refractivity contribution < 1.29 is 9.59 Å². The molecule has 144 valence electrons. The van der Waals surface area contributed by atoms with Crippen LogP contribution in [-0.2, 0) is 11.2 Å². The highest BCUT2D eigenvalue weighted by atomic mass is 32.1. The Morgan fingerprint density at radius 3 is 2.64 bits per heavy atom. The van der Waals surface area contributed by atoms with Gasteiger partial charge in [-0.2, -0.15) is 0 Å². The van der Waals surface area contributed by atoms with Crippen LogP contribution in [-0.4, -0.2) is 32.8 Å². The van der Waals surface area contributed by atoms with Crippen LogP contribution < -0.4 is 10.6 Å². The molecule has 0 unspecified atom stereocenters. The Kier molecular flexibility index (Phi) is 6.44. The van der Waals surface area contributed by atoms with Gasteiger partial charge >= 0.3 is 0 Å². The molecule has 2 N–H and O–H groups in total. The summed E-state index contributed by atoms with van der Waals surface area (Å²) in [5, 5.41) is 8.05. The van der Waals surface area contributed by atoms with Gasteiger partial charge in [0.25, 0.3) is 5.91 Å². The fourth-order valence-electron chi connectivity index (χ4n) is 2.69. The lowest BCUT2D eigenvalue weighted by Crippen LogP contribution is -2.30. The number of amides is 2. The minimum Gasteiger partial charge on any atom is -0.354 e. The van der Waals surface area contributed by atoms with Gasteiger partial charge in [0, 0.05) is 36.3 Å². The number of nitrogens with one attached hydrogen (secondary N) is 2. The molecule has 28 heavy (non-hydrogen) atoms. The van der Waals surface area contributed by atoms with Gasteiger partial charge in [0.05, 0.1) is 11.9 Å². The zero-order chi connectivity index (χ0) is 19.9. The molecule has 0 spiro atoms. The predicted molar refractivity (Wildman–Crippen MR) is 109 cm³/mol. The number of anilines is 1. The number of carbonyl (C=O) groups excluding carboxylic acids is 2. The number of hydrogen-bond donors (Lipinski definition) is 2. The highest BCUT2D eigenvalue weighted by Crippen LogP contribution is 2.25. The Balaban J connectivity index is 1.59. The van der Waals surface area contributed by atoms with Crippen molar-refractivity contribution in [3.05, 3.63) is 59.5 Å². The maximum absolute atomic E-state index is 12.1. The maximum atomic E-state index is 12.1. The zero-order valence-electron chi connectivity index (χ0n) is 15.7. The summed E-state index contributed by atoms with van der Waals surface area (Å²) in [5.74, 6) is -0.341. The molecule has 0 aliphatic heterocycles. The first-order valence-electron chi connectivity index (χ1n) is 8.90. The normalized spacial score (nSPS) is 11.6. The van der Waals surface area contributed by atoms with E-state index in [4.69, 9.17) is 0 Å². The first-order chi connectivity index (χ1) is 13.5. The van der Waals surface area contributed by atoms with Gasteiger partial charge in [-0.15, -0.1) is 11.3 Å². The Bertz CT molecular complexity index is 941. The van der Waals surface area contributed by atoms with E-state index in [1.807, 2.05) is 24.4 Å². The second-order valence-corrected chi connectivity index (χ2v) is 7.28. The van der Waals surface area contributed by atoms with E-state index in [0.717, 1.165) is 24.1 Å². The van der Waals surface area contributed by atoms with Gasteiger partial charge in [-0.25, -0.2) is 9.97 Å². The van der Waals surface area contributed by atoms with Crippen LogP contribution in [0.5, 0.6) is 0 Å². The number of aryl methyl sites for hydroxylation is 1. The molecule has 0 radical (unpaired) electrons. The Hall–Kier alpha value is -3.13. The third-order valence-corrected chi connectivity index (χ3v) is 4.84. The van der Waals surface area contributed by atoms with Crippen molar-refractivity contribution in [3.63, 3.8) is 0 Å². The summed E-state index contributed by atoms with van der Waals surface area (Å²) in [7, 11) is 0. The molecule has 2 amide bonds. The molecular formula is C20H21N5O2S. The SMILES string of the molecule is CC(=O)N[C@@H](C)CCc1ccc(-c2csc(NC(=O)c3cnccn3)n2)cc1. The quantitative estimate of drug-likeness (QED) is 0.640. The number of carbonyl (C=O) groups is 2. The summed E-state index contributed by atoms with van der Waals surface area (Å²) >= 11 is 1.36. The largest absolute Gasteiger partial charge is 0.354 e. The number of hydrogen-bond acceptors (Lipinski definition) is 6. The molecule has 8 heteroatoms. The molecule has 3 aromatic rings. The van der Waals surface area contributed by atoms with Crippen molar-refractivity contribution in [2.45, 2.75) is 32.7 Å². The minimum atomic E-state index is -0.336. The summed E-state index contributed by atoms with van der Waals surface area (Å²) in [6.07, 6.45) is 6.17. The highest BCUT2D eigenvalue weighted by molar-refractivity contribution is 7.14. The van der Waals surface area contributed by atoms with Gasteiger partial charge < -0.3 is 5.32 Å². The van der Waals surface area contributed by atoms with Crippen molar-refractivity contribution >= 4 is 28.3 Å². The maximum Gasteiger partial charge on any atom is 0.277 e. The lowest BCUT2D eigenvalue weighted by atomic mass is 10.0. The van der Waals surface area contributed by atoms with E-state index in [1.54, 1.807) is 0 Å². The Morgan fingerprint density at radius 2 is 1.96 bits per heavy atom. The molecule has 1 atom stereocenters. The van der Waals surface area contributed by atoms with E-state index in [2.05, 4.69) is 37.7 Å². The third-order valence-electron chi connectivity index (χ3n) is 4.09. The van der Waals surface area contributed by atoms with Crippen LogP contribution in [0.25, 0.3) is 11.3 Å². The highest BCUT2D eigenvalue weighted by Gasteiger charge is 2.11. The van der Waals surface area contributed by atoms with E-state index >= 15 is 0 Å². The third kappa shape index (κ3) is 5.43. The predicted octanol–water partition coefficient (Wildman–Crippen LogP) is 3.31. The van der Waals surface area contributed by atoms with Gasteiger partial charge in [0.2, 0.25) is 5.91 Å². The van der Waals surface area contributed by atoms with Crippen molar-refractivity contribution in [1.82, 2.24) is 20.3 Å². The second-order valence-electron chi connectivity index (χ2n) is 6.42. The smallest absolute Gasteiger partial charge is 0.277 e. The number of nitrogens with zero attached hydrogens (tertiary/aromatic N) is 3. The molecular weight excluding hydrogens is 374 g/mol. The lowest BCUT2D eigenvalue weighted by molar-refractivity contribution is -0.119. The first-order valence-corrected chi connectivity index (χ1v) is 9.78. The summed E-state index contributed by atoms with van der Waals surface area (Å²) in [5.41, 5.74) is 3.23. The molecule has 0 aliphatic rings. The van der Waals surface area contributed by atoms with Crippen molar-refractivity contribution in [3.8, 4) is 11.3 Å². The van der Waals surface area contributed by atoms with Gasteiger partial charge in [0.15, 0.2) is 5.13 Å². The molecule has 0 saturated carbocycles. The van der Waals surface area contributed by atoms with E-state index in [-0.39, 0.29) is 23.6 Å². The van der Waals surface area contributed by atoms with Crippen LogP contribution in [0.1, 0.15) is 36.3 Å². The lowest BCUT2D eigenvalue weighted by Gasteiger charge is -2.12. The van der Waals surface area contributed by atoms with Gasteiger partial charge in [-0.05, 0) is 25.3 Å². The summed E-state index contributed by atoms with van der Waals surface area (Å²) in [4.78, 5) is 35.5. The number of rotatable bonds is 7. The van der Waals surface area contributed by atoms with E-state index < -0.39 is 0 Å². The Labute approximate surface area is 167 Å². The molecule has 2 heterocycles. The van der Waals surface area contributed by atoms with Crippen molar-refractivity contribution in [2.75, 3.05) is 5.32 Å². The molecule has 0 aliphatic carbocycles. The fraction of sp³-hybridized carbons (Fsp3) is 0.250. The molecule has 1 aromatic carbocycles. The van der Waals surface area contributed by atoms with Crippen molar-refractivity contribution in [1.29, 1.82) is 0 Å². The zero-order valence-corrected chi connectivity index (χ0v) is 16.5. The van der Waals surface area contributed by atoms with Crippen LogP contribution >= 0.6 is 11.3 Å². The van der Waals surface area contributed by atoms with Gasteiger partial charge in [0.1, 0.15) is 5.69 Å². The molecule has 7 nitrogen and oxygen atoms in total. The monoisotopic (exact) mass is 395 g/mol. The number of thiazole rings is 1. The topological polar surface area (TPSA) is 96.9 Å². The minimum absolute atomic E-state index is 0.00594. The molecule has 2 aromatic heterocycles. The Morgan fingerprint density at radius 1 is 1.18 bits per heavy atom. The summed E-state index contributed by atoms with van der Waals surface area (Å²) in [6.45, 7) is 3.53. The molecule has 0 bridgehead atoms. The van der Waals surface area contributed by atoms with Crippen molar-refractivity contribution in [2.24, 2.45) is 0 Å². The molecule has 0 saturated heterocycles. The van der Waals surface area contributed by atoms with E-state index in [1.165, 1.54) is 42.4 Å². The standard InChI is InChI=1S/C20H21N5O2S/c1-13(23-14(2)26)3-4-15-5-7-16(8-6-15)18-12-28-20(24-18)25-19(27)17-11-21-9-10-22-17/h5-13H,3-4H2,1-2H3,(H,23,26)(H,24,25,27)/t13-/m0/s1. The van der Waals surface area contributed by atoms with E-state index in [9.17, 15) is 9.59 Å². The van der Waals surface area contributed by atoms with Crippen LogP contribution in [0.4, 0.5) is 5.13 Å². The van der Waals surface area contributed by atoms with E-state index in [0.29, 0.717) is 5.13 Å². The summed E-state index contributed by atoms with van der Waals surface area (Å²) in [6, 6.07) is 8.31. The van der Waals surface area contributed by atoms with Crippen LogP contribution in [0.2, 0.25) is 0 Å². The van der Waals surface area contributed by atoms with Crippen LogP contribution in [0.3, 0.4) is 0 Å². The van der Waals surface area contributed by atoms with Gasteiger partial charge in [-0.1, -0.05) is 24.3 Å². The number of aromatic nitrogens is 3. The average molecular weight is 395 g/mol. The van der Waals surface area contributed by atoms with Crippen LogP contribution in [0, 0.1) is 0 Å². The number of benzene rings is 1. The average Bonchev–Trinajstić information content (AvgIpc) is 3.15. The second kappa shape index (κ2) is 9.18. The fourth-order valence-corrected chi connectivity index (χ4v) is 3.40.